The Morgan fingerprint density at radius 3 is 0.667 bits per heavy atom. The molecule has 0 aromatic rings. The second-order valence-corrected chi connectivity index (χ2v) is 0. The topological polar surface area (TPSA) is 0 Å². The zero-order chi connectivity index (χ0) is 0. The molecule has 0 unspecified atom stereocenters. The maximum absolute atomic E-state index is 0. The van der Waals surface area contributed by atoms with Gasteiger partial charge in [0.05, 0.1) is 0 Å². The van der Waals surface area contributed by atoms with Crippen LogP contribution in [-0.4, -0.2) is 45.0 Å². The van der Waals surface area contributed by atoms with Gasteiger partial charge in [0, 0.05) is 50.3 Å². The molecule has 0 aliphatic rings. The van der Waals surface area contributed by atoms with E-state index >= 15 is 0 Å². The van der Waals surface area contributed by atoms with Gasteiger partial charge in [0.25, 0.3) is 0 Å². The molecular weight excluding hydrogens is 250 g/mol. The van der Waals surface area contributed by atoms with Gasteiger partial charge in [-0.3, -0.25) is 0 Å². The van der Waals surface area contributed by atoms with Gasteiger partial charge in [-0.25, -0.2) is 0 Å². The molecule has 0 saturated heterocycles. The Morgan fingerprint density at radius 2 is 0.667 bits per heavy atom. The van der Waals surface area contributed by atoms with E-state index in [1.165, 1.54) is 0 Å². The predicted molar refractivity (Wildman–Crippen MR) is 25.6 cm³/mol. The molecular formula is H6CrMgNi2Si2. The van der Waals surface area contributed by atoms with Gasteiger partial charge in [0.2, 0.25) is 0 Å². The minimum absolute atomic E-state index is 0. The Kier molecular flexibility index (Phi) is 552. The Balaban J connectivity index is 0. The van der Waals surface area contributed by atoms with Crippen molar-refractivity contribution in [3.8, 4) is 0 Å². The average Bonchev–Trinajstić information content (AvgIpc) is 0. The van der Waals surface area contributed by atoms with Crippen LogP contribution in [0.1, 0.15) is 0 Å². The third-order valence-electron chi connectivity index (χ3n) is 0. The van der Waals surface area contributed by atoms with Gasteiger partial charge in [0.15, 0.2) is 0 Å². The fraction of sp³-hybridized carbons (Fsp3) is 0. The van der Waals surface area contributed by atoms with Crippen molar-refractivity contribution in [2.24, 2.45) is 0 Å². The fourth-order valence-electron chi connectivity index (χ4n) is 0. The number of rotatable bonds is 0. The van der Waals surface area contributed by atoms with E-state index in [2.05, 4.69) is 0 Å². The summed E-state index contributed by atoms with van der Waals surface area (Å²) >= 11 is 0. The smallest absolute Gasteiger partial charge is 0.314 e. The van der Waals surface area contributed by atoms with Gasteiger partial charge >= 0.3 is 23.1 Å². The molecule has 0 aliphatic heterocycles. The zero-order valence-corrected chi connectivity index (χ0v) is 12.4. The Bertz CT molecular complexity index is 11.5. The maximum Gasteiger partial charge on any atom is 2.00 e. The molecule has 0 amide bonds. The second-order valence-electron chi connectivity index (χ2n) is 0. The molecule has 0 spiro atoms. The van der Waals surface area contributed by atoms with Crippen LogP contribution < -0.4 is 0 Å². The van der Waals surface area contributed by atoms with E-state index in [1.807, 2.05) is 0 Å². The largest absolute Gasteiger partial charge is 2.00 e. The van der Waals surface area contributed by atoms with Gasteiger partial charge in [-0.1, -0.05) is 0 Å². The number of hydrogen-bond acceptors (Lipinski definition) is 0. The van der Waals surface area contributed by atoms with Crippen LogP contribution in [0.15, 0.2) is 0 Å². The molecule has 0 aromatic heterocycles. The van der Waals surface area contributed by atoms with E-state index in [4.69, 9.17) is 0 Å². The van der Waals surface area contributed by atoms with Crippen molar-refractivity contribution in [2.75, 3.05) is 0 Å². The summed E-state index contributed by atoms with van der Waals surface area (Å²) in [5, 5.41) is 0. The van der Waals surface area contributed by atoms with Crippen LogP contribution in [0.5, 0.6) is 0 Å². The minimum atomic E-state index is 0. The van der Waals surface area contributed by atoms with E-state index in [-0.39, 0.29) is 95.3 Å². The quantitative estimate of drug-likeness (QED) is 0.412. The van der Waals surface area contributed by atoms with E-state index in [9.17, 15) is 0 Å². The molecule has 0 N–H and O–H groups in total. The van der Waals surface area contributed by atoms with Crippen LogP contribution >= 0.6 is 0 Å². The Labute approximate surface area is 94.2 Å². The van der Waals surface area contributed by atoms with Gasteiger partial charge in [0.1, 0.15) is 0 Å². The predicted octanol–water partition coefficient (Wildman–Crippen LogP) is -2.76. The summed E-state index contributed by atoms with van der Waals surface area (Å²) in [6, 6.07) is 0. The van der Waals surface area contributed by atoms with Crippen molar-refractivity contribution in [3.05, 3.63) is 0 Å². The monoisotopic (exact) mass is 254 g/mol. The molecule has 0 nitrogen and oxygen atoms in total. The maximum atomic E-state index is 0. The van der Waals surface area contributed by atoms with Crippen molar-refractivity contribution in [3.63, 3.8) is 0 Å². The molecule has 6 heteroatoms. The SMILES string of the molecule is [Cr].[Mg+2].[Ni].[Ni].[SiH3-].[SiH3-]. The van der Waals surface area contributed by atoms with Gasteiger partial charge in [-0.05, 0) is 0 Å². The molecule has 0 rings (SSSR count). The minimum Gasteiger partial charge on any atom is -0.314 e. The molecule has 6 heavy (non-hydrogen) atoms. The van der Waals surface area contributed by atoms with Crippen LogP contribution in [0.4, 0.5) is 0 Å². The molecule has 0 radical (unpaired) electrons. The van der Waals surface area contributed by atoms with Crippen molar-refractivity contribution in [2.45, 2.75) is 0 Å². The first-order valence-electron chi connectivity index (χ1n) is 0. The summed E-state index contributed by atoms with van der Waals surface area (Å²) in [5.41, 5.74) is 0. The summed E-state index contributed by atoms with van der Waals surface area (Å²) in [4.78, 5) is 0. The summed E-state index contributed by atoms with van der Waals surface area (Å²) in [6.07, 6.45) is 0. The zero-order valence-electron chi connectivity index (χ0n) is 3.75. The summed E-state index contributed by atoms with van der Waals surface area (Å²) < 4.78 is 0. The second kappa shape index (κ2) is 47.1. The third kappa shape index (κ3) is 29.7. The first-order valence-corrected chi connectivity index (χ1v) is 0. The molecule has 0 bridgehead atoms. The fourth-order valence-corrected chi connectivity index (χ4v) is 0. The molecule has 0 heterocycles. The molecule has 42 valence electrons. The molecule has 0 saturated carbocycles. The van der Waals surface area contributed by atoms with Crippen molar-refractivity contribution in [1.82, 2.24) is 0 Å². The van der Waals surface area contributed by atoms with Gasteiger partial charge in [-0.15, -0.1) is 0 Å². The third-order valence-corrected chi connectivity index (χ3v) is 0. The standard InChI is InChI=1S/Cr.Mg.2Ni.2H3Si/h;;;;2*1H3/q;+2;;;2*-1. The number of hydrogen-bond donors (Lipinski definition) is 0. The molecule has 0 atom stereocenters. The normalized spacial score (nSPS) is 0. The van der Waals surface area contributed by atoms with Gasteiger partial charge < -0.3 is 21.9 Å². The van der Waals surface area contributed by atoms with E-state index < -0.39 is 0 Å². The average molecular weight is 256 g/mol. The van der Waals surface area contributed by atoms with Crippen LogP contribution in [0.25, 0.3) is 0 Å². The van der Waals surface area contributed by atoms with E-state index in [0.717, 1.165) is 0 Å². The van der Waals surface area contributed by atoms with Crippen LogP contribution in [0.2, 0.25) is 0 Å². The summed E-state index contributed by atoms with van der Waals surface area (Å²) in [6.45, 7) is 0. The summed E-state index contributed by atoms with van der Waals surface area (Å²) in [7, 11) is 0. The first kappa shape index (κ1) is 70.3. The summed E-state index contributed by atoms with van der Waals surface area (Å²) in [5.74, 6) is 0. The van der Waals surface area contributed by atoms with Crippen molar-refractivity contribution >= 4 is 45.0 Å². The van der Waals surface area contributed by atoms with Gasteiger partial charge in [-0.2, -0.15) is 0 Å². The molecule has 0 fully saturated rings. The van der Waals surface area contributed by atoms with Crippen molar-refractivity contribution < 1.29 is 50.3 Å². The Morgan fingerprint density at radius 1 is 0.667 bits per heavy atom. The molecule has 0 aliphatic carbocycles. The van der Waals surface area contributed by atoms with Crippen LogP contribution in [0.3, 0.4) is 0 Å². The van der Waals surface area contributed by atoms with Crippen LogP contribution in [0, 0.1) is 0 Å². The van der Waals surface area contributed by atoms with E-state index in [1.54, 1.807) is 0 Å². The van der Waals surface area contributed by atoms with E-state index in [0.29, 0.717) is 0 Å². The van der Waals surface area contributed by atoms with Crippen molar-refractivity contribution in [1.29, 1.82) is 0 Å². The Hall–Kier alpha value is 2.72. The molecule has 0 aromatic carbocycles. The first-order chi connectivity index (χ1) is 0. The van der Waals surface area contributed by atoms with Crippen LogP contribution in [-0.2, 0) is 50.3 Å².